The first-order chi connectivity index (χ1) is 19.0. The molecular weight excluding hydrogens is 528 g/mol. The molecule has 0 aliphatic heterocycles. The molecule has 39 heavy (non-hydrogen) atoms. The van der Waals surface area contributed by atoms with Crippen LogP contribution in [0.1, 0.15) is 15.2 Å². The number of amides is 1. The lowest BCUT2D eigenvalue weighted by atomic mass is 9.98. The van der Waals surface area contributed by atoms with Gasteiger partial charge >= 0.3 is 0 Å². The van der Waals surface area contributed by atoms with E-state index in [4.69, 9.17) is 20.2 Å². The maximum absolute atomic E-state index is 13.5. The molecule has 3 heterocycles. The number of thiazole rings is 1. The third-order valence-corrected chi connectivity index (χ3v) is 8.46. The number of carbonyl (C=O) groups excluding carboxylic acids is 1. The predicted molar refractivity (Wildman–Crippen MR) is 160 cm³/mol. The van der Waals surface area contributed by atoms with Crippen molar-refractivity contribution in [3.8, 4) is 33.9 Å². The van der Waals surface area contributed by atoms with Crippen molar-refractivity contribution in [3.05, 3.63) is 83.2 Å². The number of hydrogen-bond donors (Lipinski definition) is 2. The fourth-order valence-electron chi connectivity index (χ4n) is 4.60. The van der Waals surface area contributed by atoms with Gasteiger partial charge in [-0.25, -0.2) is 9.97 Å². The Balaban J connectivity index is 1.51. The van der Waals surface area contributed by atoms with Gasteiger partial charge < -0.3 is 15.2 Å². The van der Waals surface area contributed by atoms with Crippen molar-refractivity contribution < 1.29 is 14.3 Å². The highest BCUT2D eigenvalue weighted by Crippen LogP contribution is 2.46. The maximum Gasteiger partial charge on any atom is 0.269 e. The number of nitrogens with two attached hydrogens (primary N) is 1. The average molecular weight is 553 g/mol. The summed E-state index contributed by atoms with van der Waals surface area (Å²) in [4.78, 5) is 24.0. The van der Waals surface area contributed by atoms with Crippen LogP contribution in [0.2, 0.25) is 0 Å². The maximum atomic E-state index is 13.5. The summed E-state index contributed by atoms with van der Waals surface area (Å²) >= 11 is 2.69. The van der Waals surface area contributed by atoms with Gasteiger partial charge in [0.05, 0.1) is 35.8 Å². The first kappa shape index (κ1) is 24.8. The zero-order chi connectivity index (χ0) is 27.1. The van der Waals surface area contributed by atoms with Crippen LogP contribution in [-0.4, -0.2) is 30.1 Å². The summed E-state index contributed by atoms with van der Waals surface area (Å²) in [5.41, 5.74) is 12.3. The third kappa shape index (κ3) is 4.45. The molecule has 0 aliphatic carbocycles. The van der Waals surface area contributed by atoms with Crippen LogP contribution in [0.4, 0.5) is 10.8 Å². The van der Waals surface area contributed by atoms with Crippen LogP contribution < -0.4 is 20.5 Å². The van der Waals surface area contributed by atoms with Gasteiger partial charge in [0.15, 0.2) is 16.6 Å². The van der Waals surface area contributed by atoms with Gasteiger partial charge in [0.1, 0.15) is 9.71 Å². The van der Waals surface area contributed by atoms with Gasteiger partial charge in [0.2, 0.25) is 0 Å². The molecule has 0 bridgehead atoms. The number of thiophene rings is 1. The smallest absolute Gasteiger partial charge is 0.269 e. The van der Waals surface area contributed by atoms with E-state index in [-0.39, 0.29) is 5.91 Å². The lowest BCUT2D eigenvalue weighted by Crippen LogP contribution is -2.11. The Hall–Kier alpha value is -4.47. The largest absolute Gasteiger partial charge is 0.493 e. The molecule has 3 aromatic heterocycles. The number of nitrogens with zero attached hydrogens (tertiary/aromatic N) is 2. The predicted octanol–water partition coefficient (Wildman–Crippen LogP) is 7.40. The average Bonchev–Trinajstić information content (AvgIpc) is 3.51. The lowest BCUT2D eigenvalue weighted by Gasteiger charge is -2.15. The molecule has 0 saturated carbocycles. The standard InChI is InChI=1S/C30H24N4O3S2/c1-16-12-13-20-23(14-16)38-30(33-20)34-28(35)27-25(31)24-19(18-10-7-11-22(36-2)26(18)37-3)15-21(32-29(24)39-27)17-8-5-4-6-9-17/h4-15H,31H2,1-3H3,(H,33,34,35). The number of methoxy groups -OCH3 is 2. The molecule has 1 amide bonds. The SMILES string of the molecule is COc1cccc(-c2cc(-c3ccccc3)nc3sc(C(=O)Nc4nc5ccc(C)cc5s4)c(N)c23)c1OC. The molecule has 7 nitrogen and oxygen atoms in total. The van der Waals surface area contributed by atoms with Crippen LogP contribution in [0.3, 0.4) is 0 Å². The molecule has 0 fully saturated rings. The second-order valence-corrected chi connectivity index (χ2v) is 11.0. The molecular formula is C30H24N4O3S2. The number of ether oxygens (including phenoxy) is 2. The fourth-order valence-corrected chi connectivity index (χ4v) is 6.57. The van der Waals surface area contributed by atoms with E-state index in [2.05, 4.69) is 16.4 Å². The summed E-state index contributed by atoms with van der Waals surface area (Å²) in [6, 6.07) is 23.6. The highest BCUT2D eigenvalue weighted by molar-refractivity contribution is 7.23. The van der Waals surface area contributed by atoms with Crippen molar-refractivity contribution in [2.75, 3.05) is 25.3 Å². The zero-order valence-corrected chi connectivity index (χ0v) is 23.1. The van der Waals surface area contributed by atoms with Gasteiger partial charge in [-0.05, 0) is 36.8 Å². The van der Waals surface area contributed by atoms with E-state index in [0.717, 1.165) is 38.2 Å². The van der Waals surface area contributed by atoms with Crippen molar-refractivity contribution in [1.82, 2.24) is 9.97 Å². The van der Waals surface area contributed by atoms with Crippen molar-refractivity contribution in [3.63, 3.8) is 0 Å². The van der Waals surface area contributed by atoms with Gasteiger partial charge in [-0.15, -0.1) is 11.3 Å². The summed E-state index contributed by atoms with van der Waals surface area (Å²) in [7, 11) is 3.21. The monoisotopic (exact) mass is 552 g/mol. The van der Waals surface area contributed by atoms with E-state index in [1.165, 1.54) is 22.7 Å². The Morgan fingerprint density at radius 1 is 0.897 bits per heavy atom. The molecule has 0 atom stereocenters. The van der Waals surface area contributed by atoms with Crippen LogP contribution in [0.5, 0.6) is 11.5 Å². The molecule has 0 unspecified atom stereocenters. The van der Waals surface area contributed by atoms with Crippen molar-refractivity contribution >= 4 is 59.8 Å². The minimum Gasteiger partial charge on any atom is -0.493 e. The van der Waals surface area contributed by atoms with Gasteiger partial charge in [-0.3, -0.25) is 10.1 Å². The number of aromatic nitrogens is 2. The van der Waals surface area contributed by atoms with Gasteiger partial charge in [0, 0.05) is 22.1 Å². The van der Waals surface area contributed by atoms with E-state index < -0.39 is 0 Å². The van der Waals surface area contributed by atoms with E-state index >= 15 is 0 Å². The first-order valence-corrected chi connectivity index (χ1v) is 13.8. The van der Waals surface area contributed by atoms with Crippen LogP contribution in [0.15, 0.2) is 72.8 Å². The van der Waals surface area contributed by atoms with E-state index in [0.29, 0.717) is 37.4 Å². The van der Waals surface area contributed by atoms with E-state index in [1.54, 1.807) is 14.2 Å². The molecule has 6 aromatic rings. The van der Waals surface area contributed by atoms with Crippen LogP contribution >= 0.6 is 22.7 Å². The minimum atomic E-state index is -0.323. The Morgan fingerprint density at radius 3 is 2.49 bits per heavy atom. The van der Waals surface area contributed by atoms with E-state index in [9.17, 15) is 4.79 Å². The van der Waals surface area contributed by atoms with Crippen LogP contribution in [0.25, 0.3) is 42.8 Å². The number of nitrogen functional groups attached to an aromatic ring is 1. The highest BCUT2D eigenvalue weighted by atomic mass is 32.1. The van der Waals surface area contributed by atoms with E-state index in [1.807, 2.05) is 73.7 Å². The Kier molecular flexibility index (Phi) is 6.38. The molecule has 194 valence electrons. The number of rotatable bonds is 6. The zero-order valence-electron chi connectivity index (χ0n) is 21.4. The molecule has 0 radical (unpaired) electrons. The number of hydrogen-bond acceptors (Lipinski definition) is 8. The summed E-state index contributed by atoms with van der Waals surface area (Å²) in [6.07, 6.45) is 0. The van der Waals surface area contributed by atoms with Gasteiger partial charge in [-0.2, -0.15) is 0 Å². The normalized spacial score (nSPS) is 11.2. The highest BCUT2D eigenvalue weighted by Gasteiger charge is 2.24. The van der Waals surface area contributed by atoms with Crippen molar-refractivity contribution in [2.24, 2.45) is 0 Å². The van der Waals surface area contributed by atoms with Crippen molar-refractivity contribution in [1.29, 1.82) is 0 Å². The quantitative estimate of drug-likeness (QED) is 0.223. The molecule has 9 heteroatoms. The van der Waals surface area contributed by atoms with Crippen LogP contribution in [0, 0.1) is 6.92 Å². The summed E-state index contributed by atoms with van der Waals surface area (Å²) in [6.45, 7) is 2.03. The molecule has 3 N–H and O–H groups in total. The number of nitrogens with one attached hydrogen (secondary N) is 1. The minimum absolute atomic E-state index is 0.323. The molecule has 6 rings (SSSR count). The second kappa shape index (κ2) is 10.0. The summed E-state index contributed by atoms with van der Waals surface area (Å²) < 4.78 is 12.3. The Bertz CT molecular complexity index is 1860. The molecule has 3 aromatic carbocycles. The number of aryl methyl sites for hydroxylation is 1. The molecule has 0 saturated heterocycles. The van der Waals surface area contributed by atoms with Gasteiger partial charge in [-0.1, -0.05) is 59.9 Å². The topological polar surface area (TPSA) is 99.4 Å². The second-order valence-electron chi connectivity index (χ2n) is 8.93. The number of pyridine rings is 1. The Morgan fingerprint density at radius 2 is 1.72 bits per heavy atom. The van der Waals surface area contributed by atoms with Gasteiger partial charge in [0.25, 0.3) is 5.91 Å². The molecule has 0 spiro atoms. The number of para-hydroxylation sites is 1. The molecule has 0 aliphatic rings. The summed E-state index contributed by atoms with van der Waals surface area (Å²) in [5, 5.41) is 4.15. The number of carbonyl (C=O) groups is 1. The third-order valence-electron chi connectivity index (χ3n) is 6.43. The number of fused-ring (bicyclic) bond motifs is 2. The fraction of sp³-hybridized carbons (Fsp3) is 0.100. The van der Waals surface area contributed by atoms with Crippen molar-refractivity contribution in [2.45, 2.75) is 6.92 Å². The Labute approximate surface area is 232 Å². The number of benzene rings is 3. The summed E-state index contributed by atoms with van der Waals surface area (Å²) in [5.74, 6) is 0.850. The lowest BCUT2D eigenvalue weighted by molar-refractivity contribution is 0.103. The number of anilines is 2. The first-order valence-electron chi connectivity index (χ1n) is 12.1. The van der Waals surface area contributed by atoms with Crippen LogP contribution in [-0.2, 0) is 0 Å².